The highest BCUT2D eigenvalue weighted by molar-refractivity contribution is 7.50. The molecule has 7 N–H and O–H groups in total. The fourth-order valence-corrected chi connectivity index (χ4v) is 5.62. The van der Waals surface area contributed by atoms with Gasteiger partial charge in [-0.3, -0.25) is 19.6 Å². The fraction of sp³-hybridized carbons (Fsp3) is 0.524. The van der Waals surface area contributed by atoms with Gasteiger partial charge in [-0.25, -0.2) is 9.97 Å². The molecule has 0 aromatic carbocycles. The zero-order chi connectivity index (χ0) is 30.9. The monoisotopic (exact) mass is 642 g/mol. The minimum atomic E-state index is -4.46. The van der Waals surface area contributed by atoms with Crippen LogP contribution in [0.3, 0.4) is 0 Å². The first-order valence-electron chi connectivity index (χ1n) is 12.7. The van der Waals surface area contributed by atoms with Gasteiger partial charge in [-0.15, -0.1) is 0 Å². The number of ether oxygens (including phenoxy) is 4. The number of fused-ring (bicyclic) bond motifs is 2. The number of nitrogens with one attached hydrogen (secondary N) is 2. The Morgan fingerprint density at radius 3 is 1.91 bits per heavy atom. The minimum Gasteiger partial charge on any atom is -0.778 e. The topological polar surface area (TPSA) is 294 Å². The van der Waals surface area contributed by atoms with Crippen molar-refractivity contribution < 1.29 is 37.9 Å². The Bertz CT molecular complexity index is 1800. The van der Waals surface area contributed by atoms with Crippen molar-refractivity contribution in [3.05, 3.63) is 33.4 Å². The van der Waals surface area contributed by atoms with E-state index in [0.29, 0.717) is 30.6 Å². The van der Waals surface area contributed by atoms with Gasteiger partial charge in [-0.1, -0.05) is 4.57 Å². The molecule has 4 aromatic heterocycles. The van der Waals surface area contributed by atoms with Crippen LogP contribution in [0.2, 0.25) is 0 Å². The van der Waals surface area contributed by atoms with E-state index >= 15 is 0 Å². The van der Waals surface area contributed by atoms with Gasteiger partial charge in [0.25, 0.3) is 11.1 Å². The molecule has 6 rings (SSSR count). The number of anilines is 2. The van der Waals surface area contributed by atoms with Crippen molar-refractivity contribution in [1.29, 1.82) is 0 Å². The Labute approximate surface area is 241 Å². The molecule has 0 amide bonds. The van der Waals surface area contributed by atoms with Crippen LogP contribution in [0.1, 0.15) is 0 Å². The first-order valence-corrected chi connectivity index (χ1v) is 16.4. The van der Waals surface area contributed by atoms with Crippen LogP contribution < -0.4 is 27.5 Å². The van der Waals surface area contributed by atoms with Crippen molar-refractivity contribution in [2.45, 2.75) is 37.9 Å². The fourth-order valence-electron chi connectivity index (χ4n) is 4.44. The van der Waals surface area contributed by atoms with E-state index in [0.717, 1.165) is 0 Å². The van der Waals surface area contributed by atoms with Crippen LogP contribution in [0.4, 0.5) is 11.9 Å². The number of hydrogen-bond donors (Lipinski definition) is 5. The molecule has 0 aliphatic carbocycles. The second-order valence-electron chi connectivity index (χ2n) is 9.71. The van der Waals surface area contributed by atoms with Crippen LogP contribution >= 0.6 is 15.4 Å². The third-order valence-corrected chi connectivity index (χ3v) is 7.77. The molecule has 20 nitrogen and oxygen atoms in total. The maximum Gasteiger partial charge on any atom is 0.340 e. The van der Waals surface area contributed by atoms with Gasteiger partial charge in [0, 0.05) is 0 Å². The molecular formula is C21H28N10O10P2. The number of imidazole rings is 2. The molecule has 0 bridgehead atoms. The number of H-pyrrole nitrogens is 2. The summed E-state index contributed by atoms with van der Waals surface area (Å²) in [6.07, 6.45) is 0.562. The second kappa shape index (κ2) is 12.6. The predicted octanol–water partition coefficient (Wildman–Crippen LogP) is -2.11. The van der Waals surface area contributed by atoms with Crippen LogP contribution in [0.5, 0.6) is 0 Å². The first kappa shape index (κ1) is 30.8. The third kappa shape index (κ3) is 7.67. The normalized spacial score (nSPS) is 23.7. The zero-order valence-electron chi connectivity index (χ0n) is 22.6. The summed E-state index contributed by atoms with van der Waals surface area (Å²) in [4.78, 5) is 63.7. The van der Waals surface area contributed by atoms with Crippen molar-refractivity contribution in [1.82, 2.24) is 39.0 Å². The molecule has 4 aromatic rings. The van der Waals surface area contributed by atoms with E-state index in [9.17, 15) is 23.6 Å². The van der Waals surface area contributed by atoms with Crippen LogP contribution in [0.15, 0.2) is 22.2 Å². The van der Waals surface area contributed by atoms with Crippen molar-refractivity contribution in [3.8, 4) is 0 Å². The average Bonchev–Trinajstić information content (AvgIpc) is 3.68. The van der Waals surface area contributed by atoms with E-state index in [1.807, 2.05) is 0 Å². The zero-order valence-corrected chi connectivity index (χ0v) is 24.3. The lowest BCUT2D eigenvalue weighted by Gasteiger charge is -2.19. The number of nitrogens with zero attached hydrogens (tertiary/aromatic N) is 6. The highest BCUT2D eigenvalue weighted by atomic mass is 31.2. The molecule has 0 saturated carbocycles. The summed E-state index contributed by atoms with van der Waals surface area (Å²) in [5.41, 5.74) is 11.3. The summed E-state index contributed by atoms with van der Waals surface area (Å²) >= 11 is 0. The lowest BCUT2D eigenvalue weighted by atomic mass is 10.4. The summed E-state index contributed by atoms with van der Waals surface area (Å²) in [7, 11) is -5.77. The minimum absolute atomic E-state index is 0.0340. The summed E-state index contributed by atoms with van der Waals surface area (Å²) < 4.78 is 46.9. The van der Waals surface area contributed by atoms with E-state index in [1.54, 1.807) is 15.8 Å². The summed E-state index contributed by atoms with van der Waals surface area (Å²) in [5, 5.41) is 0. The molecule has 232 valence electrons. The Kier molecular flexibility index (Phi) is 9.00. The number of hydrogen-bond acceptors (Lipinski definition) is 15. The summed E-state index contributed by atoms with van der Waals surface area (Å²) in [6, 6.07) is 0. The number of nitrogen functional groups attached to an aromatic ring is 2. The van der Waals surface area contributed by atoms with Crippen molar-refractivity contribution in [2.75, 3.05) is 43.7 Å². The Balaban J connectivity index is 0.000000171. The van der Waals surface area contributed by atoms with Crippen molar-refractivity contribution in [2.24, 2.45) is 0 Å². The Morgan fingerprint density at radius 1 is 0.977 bits per heavy atom. The summed E-state index contributed by atoms with van der Waals surface area (Å²) in [5.74, 6) is 0.00647. The largest absolute Gasteiger partial charge is 0.778 e. The van der Waals surface area contributed by atoms with Gasteiger partial charge >= 0.3 is 7.80 Å². The lowest BCUT2D eigenvalue weighted by molar-refractivity contribution is -0.197. The van der Waals surface area contributed by atoms with Gasteiger partial charge in [0.2, 0.25) is 18.2 Å². The number of aromatic nitrogens is 8. The standard InChI is InChI=1S/C11H14N5O4P.C10H14N5O6P/c1-21(18)4-7-19-3-6(20-7)2-16-5-13-8-9(16)14-11(12)15-10(8)17;11-10-13-8-7(9(16)14-10)12-4-15(8)1-5-2-20-6(21-5)3-22(17,18)19/h5-7H,2-4H2,1H3,(H2-,12,14,15,17);4-6H,1-3H2,(H2,17,18,19)(H3,11,13,14,16)/t6-,7?;5-,6?/m00/s1. The molecule has 2 aliphatic heterocycles. The maximum atomic E-state index is 11.7. The molecule has 2 saturated heterocycles. The number of aromatic amines is 2. The van der Waals surface area contributed by atoms with Gasteiger partial charge in [0.15, 0.2) is 34.8 Å². The van der Waals surface area contributed by atoms with Crippen molar-refractivity contribution in [3.63, 3.8) is 0 Å². The highest BCUT2D eigenvalue weighted by Crippen LogP contribution is 2.33. The molecule has 6 heterocycles. The molecule has 22 heteroatoms. The SMILES string of the molecule is C[P+](=O)CC1OC[C@H](Cn2cnc3c(=O)[nH]c(N)nc32)O1.Nc1nc2c(ncn2C[C@H]2COC(CP(=O)([O-])O)O2)c(=O)[nH]1. The van der Waals surface area contributed by atoms with Gasteiger partial charge in [0.05, 0.1) is 45.1 Å². The van der Waals surface area contributed by atoms with Crippen molar-refractivity contribution >= 4 is 49.6 Å². The Hall–Kier alpha value is -3.61. The van der Waals surface area contributed by atoms with Crippen LogP contribution in [0.25, 0.3) is 22.3 Å². The van der Waals surface area contributed by atoms with Gasteiger partial charge in [-0.05, 0) is 0 Å². The second-order valence-corrected chi connectivity index (χ2v) is 13.0. The predicted molar refractivity (Wildman–Crippen MR) is 147 cm³/mol. The molecule has 2 fully saturated rings. The van der Waals surface area contributed by atoms with Gasteiger partial charge < -0.3 is 53.9 Å². The smallest absolute Gasteiger partial charge is 0.340 e. The first-order chi connectivity index (χ1) is 20.3. The van der Waals surface area contributed by atoms with E-state index in [2.05, 4.69) is 29.9 Å². The lowest BCUT2D eigenvalue weighted by Crippen LogP contribution is -2.22. The number of rotatable bonds is 8. The third-order valence-electron chi connectivity index (χ3n) is 6.20. The van der Waals surface area contributed by atoms with Crippen LogP contribution in [-0.2, 0) is 41.2 Å². The van der Waals surface area contributed by atoms with Crippen LogP contribution in [-0.4, -0.2) is 101 Å². The number of nitrogens with two attached hydrogens (primary N) is 2. The van der Waals surface area contributed by atoms with E-state index in [-0.39, 0.29) is 47.7 Å². The molecular weight excluding hydrogens is 614 g/mol. The molecule has 4 unspecified atom stereocenters. The molecule has 0 radical (unpaired) electrons. The van der Waals surface area contributed by atoms with E-state index in [1.165, 1.54) is 12.7 Å². The summed E-state index contributed by atoms with van der Waals surface area (Å²) in [6.45, 7) is 2.85. The molecule has 0 spiro atoms. The Morgan fingerprint density at radius 2 is 1.44 bits per heavy atom. The average molecular weight is 642 g/mol. The molecule has 6 atom stereocenters. The van der Waals surface area contributed by atoms with E-state index < -0.39 is 45.8 Å². The highest BCUT2D eigenvalue weighted by Gasteiger charge is 2.32. The molecule has 43 heavy (non-hydrogen) atoms. The van der Waals surface area contributed by atoms with E-state index in [4.69, 9.17) is 35.3 Å². The van der Waals surface area contributed by atoms with Crippen LogP contribution in [0, 0.1) is 0 Å². The maximum absolute atomic E-state index is 11.7. The molecule has 2 aliphatic rings. The van der Waals surface area contributed by atoms with Gasteiger partial charge in [0.1, 0.15) is 26.5 Å². The quantitative estimate of drug-likeness (QED) is 0.128. The van der Waals surface area contributed by atoms with Gasteiger partial charge in [-0.2, -0.15) is 9.97 Å².